The highest BCUT2D eigenvalue weighted by Gasteiger charge is 2.39. The van der Waals surface area contributed by atoms with E-state index in [4.69, 9.17) is 5.11 Å². The van der Waals surface area contributed by atoms with E-state index < -0.39 is 0 Å². The summed E-state index contributed by atoms with van der Waals surface area (Å²) >= 11 is 0. The van der Waals surface area contributed by atoms with Gasteiger partial charge < -0.3 is 10.4 Å². The highest BCUT2D eigenvalue weighted by molar-refractivity contribution is 4.97. The predicted octanol–water partition coefficient (Wildman–Crippen LogP) is 1.54. The first-order valence-electron chi connectivity index (χ1n) is 5.09. The van der Waals surface area contributed by atoms with Crippen LogP contribution in [0.25, 0.3) is 0 Å². The van der Waals surface area contributed by atoms with Gasteiger partial charge in [0, 0.05) is 12.1 Å². The molecule has 2 heteroatoms. The van der Waals surface area contributed by atoms with E-state index in [2.05, 4.69) is 12.2 Å². The fourth-order valence-electron chi connectivity index (χ4n) is 2.72. The predicted molar refractivity (Wildman–Crippen MR) is 51.1 cm³/mol. The van der Waals surface area contributed by atoms with Crippen LogP contribution in [0.4, 0.5) is 0 Å². The van der Waals surface area contributed by atoms with Crippen molar-refractivity contribution < 1.29 is 5.11 Å². The largest absolute Gasteiger partial charge is 0.396 e. The molecule has 1 rings (SSSR count). The minimum atomic E-state index is 0.253. The van der Waals surface area contributed by atoms with E-state index in [1.54, 1.807) is 0 Å². The monoisotopic (exact) mass is 171 g/mol. The zero-order valence-corrected chi connectivity index (χ0v) is 8.27. The van der Waals surface area contributed by atoms with Gasteiger partial charge in [0.25, 0.3) is 0 Å². The molecule has 1 fully saturated rings. The van der Waals surface area contributed by atoms with Gasteiger partial charge in [-0.1, -0.05) is 19.8 Å². The second-order valence-corrected chi connectivity index (χ2v) is 3.88. The van der Waals surface area contributed by atoms with Crippen LogP contribution in [0.3, 0.4) is 0 Å². The number of rotatable bonds is 4. The molecule has 2 nitrogen and oxygen atoms in total. The molecule has 1 aliphatic carbocycles. The molecule has 0 bridgehead atoms. The standard InChI is InChI=1S/C10H21NO/c1-3-9-5-4-6-10(9,11-2)7-8-12/h9,11-12H,3-8H2,1-2H3. The molecular weight excluding hydrogens is 150 g/mol. The van der Waals surface area contributed by atoms with Crippen LogP contribution < -0.4 is 5.32 Å². The van der Waals surface area contributed by atoms with E-state index in [0.29, 0.717) is 6.61 Å². The van der Waals surface area contributed by atoms with Crippen molar-refractivity contribution in [2.45, 2.75) is 44.6 Å². The summed E-state index contributed by atoms with van der Waals surface area (Å²) in [5, 5.41) is 12.4. The minimum absolute atomic E-state index is 0.253. The van der Waals surface area contributed by atoms with E-state index in [0.717, 1.165) is 12.3 Å². The van der Waals surface area contributed by atoms with Gasteiger partial charge in [0.15, 0.2) is 0 Å². The van der Waals surface area contributed by atoms with Crippen molar-refractivity contribution in [3.63, 3.8) is 0 Å². The molecule has 0 spiro atoms. The van der Waals surface area contributed by atoms with E-state index in [9.17, 15) is 0 Å². The first kappa shape index (κ1) is 10.0. The van der Waals surface area contributed by atoms with Crippen molar-refractivity contribution in [3.05, 3.63) is 0 Å². The van der Waals surface area contributed by atoms with Gasteiger partial charge in [-0.2, -0.15) is 0 Å². The third-order valence-corrected chi connectivity index (χ3v) is 3.51. The molecule has 72 valence electrons. The Morgan fingerprint density at radius 3 is 2.83 bits per heavy atom. The number of nitrogens with one attached hydrogen (secondary N) is 1. The number of aliphatic hydroxyl groups is 1. The molecule has 1 aliphatic rings. The lowest BCUT2D eigenvalue weighted by atomic mass is 9.82. The Kier molecular flexibility index (Phi) is 3.53. The molecule has 0 amide bonds. The zero-order chi connectivity index (χ0) is 9.03. The van der Waals surface area contributed by atoms with Crippen molar-refractivity contribution in [2.75, 3.05) is 13.7 Å². The summed E-state index contributed by atoms with van der Waals surface area (Å²) in [5.74, 6) is 0.773. The number of aliphatic hydroxyl groups excluding tert-OH is 1. The van der Waals surface area contributed by atoms with Crippen LogP contribution in [0.2, 0.25) is 0 Å². The highest BCUT2D eigenvalue weighted by atomic mass is 16.3. The third-order valence-electron chi connectivity index (χ3n) is 3.51. The molecule has 2 unspecified atom stereocenters. The molecule has 2 atom stereocenters. The smallest absolute Gasteiger partial charge is 0.0448 e. The first-order chi connectivity index (χ1) is 5.79. The van der Waals surface area contributed by atoms with Crippen molar-refractivity contribution in [1.29, 1.82) is 0 Å². The van der Waals surface area contributed by atoms with Crippen LogP contribution in [0.1, 0.15) is 39.0 Å². The summed E-state index contributed by atoms with van der Waals surface area (Å²) in [6.45, 7) is 2.57. The Morgan fingerprint density at radius 2 is 2.33 bits per heavy atom. The lowest BCUT2D eigenvalue weighted by Crippen LogP contribution is -2.46. The Labute approximate surface area is 75.4 Å². The minimum Gasteiger partial charge on any atom is -0.396 e. The van der Waals surface area contributed by atoms with E-state index in [1.807, 2.05) is 7.05 Å². The average molecular weight is 171 g/mol. The molecule has 2 N–H and O–H groups in total. The summed E-state index contributed by atoms with van der Waals surface area (Å²) in [5.41, 5.74) is 0.253. The molecule has 1 saturated carbocycles. The molecular formula is C10H21NO. The van der Waals surface area contributed by atoms with E-state index in [1.165, 1.54) is 25.7 Å². The zero-order valence-electron chi connectivity index (χ0n) is 8.27. The van der Waals surface area contributed by atoms with Crippen molar-refractivity contribution in [1.82, 2.24) is 5.32 Å². The van der Waals surface area contributed by atoms with Gasteiger partial charge in [-0.25, -0.2) is 0 Å². The summed E-state index contributed by atoms with van der Waals surface area (Å²) in [7, 11) is 2.03. The fraction of sp³-hybridized carbons (Fsp3) is 1.00. The van der Waals surface area contributed by atoms with Gasteiger partial charge in [-0.15, -0.1) is 0 Å². The summed E-state index contributed by atoms with van der Waals surface area (Å²) in [6.07, 6.45) is 6.04. The third kappa shape index (κ3) is 1.64. The number of hydrogen-bond acceptors (Lipinski definition) is 2. The Balaban J connectivity index is 2.61. The summed E-state index contributed by atoms with van der Waals surface area (Å²) in [4.78, 5) is 0. The van der Waals surface area contributed by atoms with Crippen molar-refractivity contribution in [2.24, 2.45) is 5.92 Å². The maximum absolute atomic E-state index is 9.00. The quantitative estimate of drug-likeness (QED) is 0.672. The van der Waals surface area contributed by atoms with Crippen LogP contribution in [0.15, 0.2) is 0 Å². The molecule has 0 saturated heterocycles. The molecule has 0 aromatic rings. The molecule has 0 aromatic heterocycles. The van der Waals surface area contributed by atoms with Crippen molar-refractivity contribution in [3.8, 4) is 0 Å². The van der Waals surface area contributed by atoms with Gasteiger partial charge in [0.2, 0.25) is 0 Å². The van der Waals surface area contributed by atoms with Gasteiger partial charge in [0.1, 0.15) is 0 Å². The van der Waals surface area contributed by atoms with Crippen LogP contribution in [-0.4, -0.2) is 24.3 Å². The Hall–Kier alpha value is -0.0800. The maximum atomic E-state index is 9.00. The normalized spacial score (nSPS) is 35.8. The highest BCUT2D eigenvalue weighted by Crippen LogP contribution is 2.39. The lowest BCUT2D eigenvalue weighted by molar-refractivity contribution is 0.175. The molecule has 0 aromatic carbocycles. The van der Waals surface area contributed by atoms with Gasteiger partial charge >= 0.3 is 0 Å². The second kappa shape index (κ2) is 4.24. The average Bonchev–Trinajstić information content (AvgIpc) is 2.49. The lowest BCUT2D eigenvalue weighted by Gasteiger charge is -2.34. The second-order valence-electron chi connectivity index (χ2n) is 3.88. The van der Waals surface area contributed by atoms with Crippen molar-refractivity contribution >= 4 is 0 Å². The fourth-order valence-corrected chi connectivity index (χ4v) is 2.72. The van der Waals surface area contributed by atoms with E-state index >= 15 is 0 Å². The van der Waals surface area contributed by atoms with Crippen LogP contribution in [0, 0.1) is 5.92 Å². The van der Waals surface area contributed by atoms with E-state index in [-0.39, 0.29) is 5.54 Å². The summed E-state index contributed by atoms with van der Waals surface area (Å²) in [6, 6.07) is 0. The summed E-state index contributed by atoms with van der Waals surface area (Å²) < 4.78 is 0. The maximum Gasteiger partial charge on any atom is 0.0448 e. The van der Waals surface area contributed by atoms with Crippen LogP contribution >= 0.6 is 0 Å². The SMILES string of the molecule is CCC1CCCC1(CCO)NC. The van der Waals surface area contributed by atoms with Crippen LogP contribution in [-0.2, 0) is 0 Å². The van der Waals surface area contributed by atoms with Crippen LogP contribution in [0.5, 0.6) is 0 Å². The molecule has 12 heavy (non-hydrogen) atoms. The van der Waals surface area contributed by atoms with Gasteiger partial charge in [-0.05, 0) is 32.2 Å². The Morgan fingerprint density at radius 1 is 1.58 bits per heavy atom. The molecule has 0 aliphatic heterocycles. The molecule has 0 heterocycles. The number of hydrogen-bond donors (Lipinski definition) is 2. The van der Waals surface area contributed by atoms with Gasteiger partial charge in [-0.3, -0.25) is 0 Å². The van der Waals surface area contributed by atoms with Gasteiger partial charge in [0.05, 0.1) is 0 Å². The Bertz CT molecular complexity index is 138. The topological polar surface area (TPSA) is 32.3 Å². The first-order valence-corrected chi connectivity index (χ1v) is 5.09. The molecule has 0 radical (unpaired) electrons.